The number of hydrogen-bond acceptors (Lipinski definition) is 6. The number of aryl methyl sites for hydroxylation is 2. The molecule has 0 aliphatic rings. The minimum absolute atomic E-state index is 0.124. The molecule has 192 valence electrons. The van der Waals surface area contributed by atoms with Gasteiger partial charge < -0.3 is 19.2 Å². The number of rotatable bonds is 7. The van der Waals surface area contributed by atoms with Crippen molar-refractivity contribution in [1.82, 2.24) is 5.32 Å². The lowest BCUT2D eigenvalue weighted by molar-refractivity contribution is -0.137. The van der Waals surface area contributed by atoms with E-state index >= 15 is 0 Å². The smallest absolute Gasteiger partial charge is 0.408 e. The van der Waals surface area contributed by atoms with Crippen LogP contribution in [0.25, 0.3) is 11.0 Å². The van der Waals surface area contributed by atoms with Crippen LogP contribution in [0, 0.1) is 19.8 Å². The molecule has 7 nitrogen and oxygen atoms in total. The lowest BCUT2D eigenvalue weighted by Crippen LogP contribution is -2.45. The Balaban J connectivity index is 1.88. The van der Waals surface area contributed by atoms with E-state index in [0.717, 1.165) is 16.5 Å². The highest BCUT2D eigenvalue weighted by atomic mass is 16.6. The normalized spacial score (nSPS) is 12.4. The largest absolute Gasteiger partial charge is 0.444 e. The number of amides is 1. The minimum atomic E-state index is -0.892. The Morgan fingerprint density at radius 3 is 2.28 bits per heavy atom. The van der Waals surface area contributed by atoms with Gasteiger partial charge in [-0.15, -0.1) is 0 Å². The van der Waals surface area contributed by atoms with Gasteiger partial charge in [0, 0.05) is 22.9 Å². The van der Waals surface area contributed by atoms with E-state index in [4.69, 9.17) is 13.9 Å². The summed E-state index contributed by atoms with van der Waals surface area (Å²) in [6.45, 7) is 12.8. The van der Waals surface area contributed by atoms with E-state index < -0.39 is 29.3 Å². The number of carbonyl (C=O) groups excluding carboxylic acids is 2. The van der Waals surface area contributed by atoms with Crippen LogP contribution in [0.3, 0.4) is 0 Å². The Kier molecular flexibility index (Phi) is 8.23. The maximum Gasteiger partial charge on any atom is 0.408 e. The number of esters is 1. The van der Waals surface area contributed by atoms with Gasteiger partial charge in [0.05, 0.1) is 0 Å². The molecule has 1 aromatic heterocycles. The van der Waals surface area contributed by atoms with Gasteiger partial charge in [-0.25, -0.2) is 14.4 Å². The van der Waals surface area contributed by atoms with Gasteiger partial charge in [-0.1, -0.05) is 44.2 Å². The molecule has 0 radical (unpaired) electrons. The molecule has 3 aromatic rings. The van der Waals surface area contributed by atoms with Crippen molar-refractivity contribution in [1.29, 1.82) is 0 Å². The fourth-order valence-corrected chi connectivity index (χ4v) is 4.00. The number of benzene rings is 2. The van der Waals surface area contributed by atoms with Crippen LogP contribution in [0.15, 0.2) is 51.7 Å². The SMILES string of the molecule is Cc1c(Cc2ccccc2)c(=O)oc2c(C)c(OC(=O)C(CC(C)C)NC(=O)OC(C)(C)C)ccc12. The third kappa shape index (κ3) is 6.74. The van der Waals surface area contributed by atoms with E-state index in [9.17, 15) is 14.4 Å². The summed E-state index contributed by atoms with van der Waals surface area (Å²) >= 11 is 0. The molecule has 3 rings (SSSR count). The van der Waals surface area contributed by atoms with Crippen molar-refractivity contribution in [3.8, 4) is 5.75 Å². The highest BCUT2D eigenvalue weighted by molar-refractivity contribution is 5.88. The number of fused-ring (bicyclic) bond motifs is 1. The van der Waals surface area contributed by atoms with Crippen molar-refractivity contribution >= 4 is 23.0 Å². The first kappa shape index (κ1) is 27.0. The van der Waals surface area contributed by atoms with Crippen LogP contribution in [0.4, 0.5) is 4.79 Å². The van der Waals surface area contributed by atoms with Gasteiger partial charge in [-0.3, -0.25) is 0 Å². The van der Waals surface area contributed by atoms with Gasteiger partial charge in [0.15, 0.2) is 0 Å². The molecule has 1 atom stereocenters. The summed E-state index contributed by atoms with van der Waals surface area (Å²) in [6.07, 6.45) is 0.156. The summed E-state index contributed by atoms with van der Waals surface area (Å²) in [6, 6.07) is 12.3. The predicted octanol–water partition coefficient (Wildman–Crippen LogP) is 5.85. The molecule has 0 fully saturated rings. The maximum atomic E-state index is 13.0. The fraction of sp³-hybridized carbons (Fsp3) is 0.414. The van der Waals surface area contributed by atoms with E-state index in [1.54, 1.807) is 39.8 Å². The van der Waals surface area contributed by atoms with Gasteiger partial charge in [0.2, 0.25) is 0 Å². The van der Waals surface area contributed by atoms with Crippen molar-refractivity contribution in [2.75, 3.05) is 0 Å². The summed E-state index contributed by atoms with van der Waals surface area (Å²) in [5.41, 5.74) is 2.24. The van der Waals surface area contributed by atoms with E-state index in [1.165, 1.54) is 0 Å². The predicted molar refractivity (Wildman–Crippen MR) is 139 cm³/mol. The van der Waals surface area contributed by atoms with Crippen LogP contribution in [-0.2, 0) is 16.0 Å². The van der Waals surface area contributed by atoms with Crippen LogP contribution in [0.5, 0.6) is 5.75 Å². The van der Waals surface area contributed by atoms with E-state index in [0.29, 0.717) is 29.6 Å². The molecular weight excluding hydrogens is 458 g/mol. The van der Waals surface area contributed by atoms with Crippen molar-refractivity contribution in [3.05, 3.63) is 75.1 Å². The molecule has 2 aromatic carbocycles. The Morgan fingerprint density at radius 2 is 1.67 bits per heavy atom. The number of nitrogens with one attached hydrogen (secondary N) is 1. The monoisotopic (exact) mass is 493 g/mol. The molecule has 0 aliphatic carbocycles. The van der Waals surface area contributed by atoms with Crippen LogP contribution < -0.4 is 15.7 Å². The van der Waals surface area contributed by atoms with E-state index in [-0.39, 0.29) is 11.7 Å². The summed E-state index contributed by atoms with van der Waals surface area (Å²) in [5.74, 6) is -0.221. The molecule has 0 spiro atoms. The zero-order valence-corrected chi connectivity index (χ0v) is 22.1. The maximum absolute atomic E-state index is 13.0. The highest BCUT2D eigenvalue weighted by Gasteiger charge is 2.27. The van der Waals surface area contributed by atoms with Crippen LogP contribution >= 0.6 is 0 Å². The Hall–Kier alpha value is -3.61. The molecule has 1 unspecified atom stereocenters. The van der Waals surface area contributed by atoms with E-state index in [2.05, 4.69) is 5.32 Å². The van der Waals surface area contributed by atoms with Gasteiger partial charge >= 0.3 is 17.7 Å². The summed E-state index contributed by atoms with van der Waals surface area (Å²) < 4.78 is 16.7. The second-order valence-corrected chi connectivity index (χ2v) is 10.5. The Bertz CT molecular complexity index is 1300. The second kappa shape index (κ2) is 11.0. The van der Waals surface area contributed by atoms with Crippen molar-refractivity contribution in [3.63, 3.8) is 0 Å². The van der Waals surface area contributed by atoms with Crippen molar-refractivity contribution in [2.45, 2.75) is 73.0 Å². The van der Waals surface area contributed by atoms with Crippen LogP contribution in [0.1, 0.15) is 63.3 Å². The average molecular weight is 494 g/mol. The molecule has 0 bridgehead atoms. The standard InChI is InChI=1S/C29H35NO6/c1-17(2)15-23(30-28(33)36-29(5,6)7)27(32)34-24-14-13-21-18(3)22(16-20-11-9-8-10-12-20)26(31)35-25(21)19(24)4/h8-14,17,23H,15-16H2,1-7H3,(H,30,33). The molecule has 1 N–H and O–H groups in total. The third-order valence-corrected chi connectivity index (χ3v) is 5.77. The first-order valence-corrected chi connectivity index (χ1v) is 12.2. The summed E-state index contributed by atoms with van der Waals surface area (Å²) in [7, 11) is 0. The first-order chi connectivity index (χ1) is 16.9. The third-order valence-electron chi connectivity index (χ3n) is 5.77. The fourth-order valence-electron chi connectivity index (χ4n) is 4.00. The summed E-state index contributed by atoms with van der Waals surface area (Å²) in [5, 5.41) is 3.40. The number of ether oxygens (including phenoxy) is 2. The molecule has 7 heteroatoms. The Morgan fingerprint density at radius 1 is 1.00 bits per heavy atom. The molecule has 36 heavy (non-hydrogen) atoms. The van der Waals surface area contributed by atoms with Gasteiger partial charge in [0.25, 0.3) is 0 Å². The van der Waals surface area contributed by atoms with Gasteiger partial charge in [-0.05, 0) is 70.2 Å². The van der Waals surface area contributed by atoms with Crippen LogP contribution in [-0.4, -0.2) is 23.7 Å². The zero-order chi connectivity index (χ0) is 26.6. The zero-order valence-electron chi connectivity index (χ0n) is 22.1. The second-order valence-electron chi connectivity index (χ2n) is 10.5. The quantitative estimate of drug-likeness (QED) is 0.252. The molecule has 0 saturated heterocycles. The molecular formula is C29H35NO6. The van der Waals surface area contributed by atoms with Crippen molar-refractivity contribution < 1.29 is 23.5 Å². The topological polar surface area (TPSA) is 94.8 Å². The molecule has 0 saturated carbocycles. The number of alkyl carbamates (subject to hydrolysis) is 1. The highest BCUT2D eigenvalue weighted by Crippen LogP contribution is 2.30. The van der Waals surface area contributed by atoms with Crippen LogP contribution in [0.2, 0.25) is 0 Å². The lowest BCUT2D eigenvalue weighted by atomic mass is 9.98. The molecule has 1 amide bonds. The lowest BCUT2D eigenvalue weighted by Gasteiger charge is -2.24. The van der Waals surface area contributed by atoms with Crippen molar-refractivity contribution in [2.24, 2.45) is 5.92 Å². The number of carbonyl (C=O) groups is 2. The summed E-state index contributed by atoms with van der Waals surface area (Å²) in [4.78, 5) is 38.2. The average Bonchev–Trinajstić information content (AvgIpc) is 2.77. The Labute approximate surface area is 211 Å². The minimum Gasteiger partial charge on any atom is -0.444 e. The molecule has 1 heterocycles. The number of hydrogen-bond donors (Lipinski definition) is 1. The van der Waals surface area contributed by atoms with Gasteiger partial charge in [0.1, 0.15) is 23.0 Å². The molecule has 0 aliphatic heterocycles. The van der Waals surface area contributed by atoms with E-state index in [1.807, 2.05) is 51.1 Å². The van der Waals surface area contributed by atoms with Gasteiger partial charge in [-0.2, -0.15) is 0 Å². The first-order valence-electron chi connectivity index (χ1n) is 12.2.